The van der Waals surface area contributed by atoms with Crippen molar-refractivity contribution in [3.05, 3.63) is 68.4 Å². The summed E-state index contributed by atoms with van der Waals surface area (Å²) in [6, 6.07) is 8.38. The second-order valence-electron chi connectivity index (χ2n) is 6.95. The van der Waals surface area contributed by atoms with Crippen LogP contribution in [0.3, 0.4) is 0 Å². The van der Waals surface area contributed by atoms with E-state index in [4.69, 9.17) is 34.8 Å². The van der Waals surface area contributed by atoms with E-state index in [1.165, 1.54) is 23.1 Å². The SMILES string of the molecule is CCCCNC(=O)[C@@H](C)N(Cc1ccc(Cl)cc1Cl)C(=O)Cc1c(F)cccc1Cl. The van der Waals surface area contributed by atoms with E-state index in [1.807, 2.05) is 6.92 Å². The van der Waals surface area contributed by atoms with Crippen molar-refractivity contribution >= 4 is 46.6 Å². The molecular weight excluding hydrogens is 450 g/mol. The van der Waals surface area contributed by atoms with Crippen LogP contribution in [0.2, 0.25) is 15.1 Å². The lowest BCUT2D eigenvalue weighted by Crippen LogP contribution is -2.48. The summed E-state index contributed by atoms with van der Waals surface area (Å²) in [5, 5.41) is 3.83. The Kier molecular flexibility index (Phi) is 9.40. The Morgan fingerprint density at radius 2 is 1.87 bits per heavy atom. The lowest BCUT2D eigenvalue weighted by atomic mass is 10.1. The van der Waals surface area contributed by atoms with Crippen molar-refractivity contribution in [1.29, 1.82) is 0 Å². The average Bonchev–Trinajstić information content (AvgIpc) is 2.69. The molecule has 1 atom stereocenters. The molecule has 30 heavy (non-hydrogen) atoms. The number of rotatable bonds is 9. The van der Waals surface area contributed by atoms with E-state index >= 15 is 0 Å². The van der Waals surface area contributed by atoms with Crippen LogP contribution in [0.15, 0.2) is 36.4 Å². The van der Waals surface area contributed by atoms with Gasteiger partial charge in [-0.15, -0.1) is 0 Å². The molecule has 0 aliphatic carbocycles. The molecule has 0 aromatic heterocycles. The fourth-order valence-electron chi connectivity index (χ4n) is 2.91. The van der Waals surface area contributed by atoms with Crippen LogP contribution in [0.5, 0.6) is 0 Å². The molecule has 8 heteroatoms. The fraction of sp³-hybridized carbons (Fsp3) is 0.364. The smallest absolute Gasteiger partial charge is 0.242 e. The maximum atomic E-state index is 14.2. The van der Waals surface area contributed by atoms with E-state index in [1.54, 1.807) is 25.1 Å². The van der Waals surface area contributed by atoms with E-state index in [-0.39, 0.29) is 29.5 Å². The number of hydrogen-bond acceptors (Lipinski definition) is 2. The van der Waals surface area contributed by atoms with Gasteiger partial charge in [0.2, 0.25) is 11.8 Å². The number of benzene rings is 2. The number of nitrogens with one attached hydrogen (secondary N) is 1. The van der Waals surface area contributed by atoms with Gasteiger partial charge in [0, 0.05) is 33.7 Å². The Morgan fingerprint density at radius 1 is 1.13 bits per heavy atom. The number of unbranched alkanes of at least 4 members (excludes halogenated alkanes) is 1. The van der Waals surface area contributed by atoms with Gasteiger partial charge in [0.05, 0.1) is 6.42 Å². The fourth-order valence-corrected chi connectivity index (χ4v) is 3.60. The first-order valence-electron chi connectivity index (χ1n) is 9.68. The van der Waals surface area contributed by atoms with Gasteiger partial charge in [-0.2, -0.15) is 0 Å². The van der Waals surface area contributed by atoms with Gasteiger partial charge in [-0.3, -0.25) is 9.59 Å². The molecule has 0 radical (unpaired) electrons. The number of carbonyl (C=O) groups excluding carboxylic acids is 2. The largest absolute Gasteiger partial charge is 0.354 e. The van der Waals surface area contributed by atoms with E-state index in [0.29, 0.717) is 22.2 Å². The van der Waals surface area contributed by atoms with Crippen LogP contribution >= 0.6 is 34.8 Å². The third-order valence-electron chi connectivity index (χ3n) is 4.74. The summed E-state index contributed by atoms with van der Waals surface area (Å²) in [6.07, 6.45) is 1.49. The molecule has 0 saturated heterocycles. The average molecular weight is 474 g/mol. The molecule has 0 heterocycles. The predicted octanol–water partition coefficient (Wildman–Crippen LogP) is 5.66. The zero-order chi connectivity index (χ0) is 22.3. The van der Waals surface area contributed by atoms with Crippen molar-refractivity contribution in [2.24, 2.45) is 0 Å². The van der Waals surface area contributed by atoms with Crippen molar-refractivity contribution in [2.75, 3.05) is 6.54 Å². The Morgan fingerprint density at radius 3 is 2.50 bits per heavy atom. The minimum Gasteiger partial charge on any atom is -0.354 e. The molecule has 0 unspecified atom stereocenters. The molecule has 1 N–H and O–H groups in total. The van der Waals surface area contributed by atoms with Crippen LogP contribution in [-0.2, 0) is 22.6 Å². The number of hydrogen-bond donors (Lipinski definition) is 1. The summed E-state index contributed by atoms with van der Waals surface area (Å²) >= 11 is 18.3. The summed E-state index contributed by atoms with van der Waals surface area (Å²) in [4.78, 5) is 27.1. The number of nitrogens with zero attached hydrogens (tertiary/aromatic N) is 1. The van der Waals surface area contributed by atoms with Crippen LogP contribution in [0.4, 0.5) is 4.39 Å². The number of halogens is 4. The summed E-state index contributed by atoms with van der Waals surface area (Å²) in [5.41, 5.74) is 0.720. The van der Waals surface area contributed by atoms with Gasteiger partial charge in [-0.1, -0.05) is 60.3 Å². The highest BCUT2D eigenvalue weighted by Gasteiger charge is 2.27. The van der Waals surface area contributed by atoms with E-state index in [2.05, 4.69) is 5.32 Å². The number of carbonyl (C=O) groups is 2. The molecule has 162 valence electrons. The van der Waals surface area contributed by atoms with Crippen molar-refractivity contribution in [2.45, 2.75) is 45.7 Å². The third kappa shape index (κ3) is 6.59. The monoisotopic (exact) mass is 472 g/mol. The zero-order valence-corrected chi connectivity index (χ0v) is 19.1. The van der Waals surface area contributed by atoms with Gasteiger partial charge in [0.1, 0.15) is 11.9 Å². The van der Waals surface area contributed by atoms with Gasteiger partial charge < -0.3 is 10.2 Å². The Labute approximate surface area is 191 Å². The van der Waals surface area contributed by atoms with Crippen LogP contribution in [0, 0.1) is 5.82 Å². The van der Waals surface area contributed by atoms with Crippen molar-refractivity contribution in [3.63, 3.8) is 0 Å². The molecule has 0 aliphatic heterocycles. The minimum absolute atomic E-state index is 0.0727. The van der Waals surface area contributed by atoms with Crippen molar-refractivity contribution < 1.29 is 14.0 Å². The molecule has 0 spiro atoms. The quantitative estimate of drug-likeness (QED) is 0.478. The second-order valence-corrected chi connectivity index (χ2v) is 8.21. The molecule has 2 aromatic carbocycles. The van der Waals surface area contributed by atoms with Crippen LogP contribution in [0.1, 0.15) is 37.8 Å². The van der Waals surface area contributed by atoms with Crippen molar-refractivity contribution in [3.8, 4) is 0 Å². The van der Waals surface area contributed by atoms with Crippen LogP contribution < -0.4 is 5.32 Å². The molecular formula is C22H24Cl3FN2O2. The van der Waals surface area contributed by atoms with Crippen molar-refractivity contribution in [1.82, 2.24) is 10.2 Å². The highest BCUT2D eigenvalue weighted by Crippen LogP contribution is 2.25. The van der Waals surface area contributed by atoms with Gasteiger partial charge in [0.25, 0.3) is 0 Å². The van der Waals surface area contributed by atoms with Gasteiger partial charge in [-0.05, 0) is 43.2 Å². The van der Waals surface area contributed by atoms with Gasteiger partial charge >= 0.3 is 0 Å². The normalized spacial score (nSPS) is 11.8. The topological polar surface area (TPSA) is 49.4 Å². The molecule has 4 nitrogen and oxygen atoms in total. The highest BCUT2D eigenvalue weighted by atomic mass is 35.5. The molecule has 0 aliphatic rings. The first kappa shape index (κ1) is 24.4. The molecule has 2 amide bonds. The lowest BCUT2D eigenvalue weighted by Gasteiger charge is -2.29. The Balaban J connectivity index is 2.29. The predicted molar refractivity (Wildman–Crippen MR) is 120 cm³/mol. The standard InChI is InChI=1S/C22H24Cl3FN2O2/c1-3-4-10-27-22(30)14(2)28(13-15-8-9-16(23)11-19(15)25)21(29)12-17-18(24)6-5-7-20(17)26/h5-9,11,14H,3-4,10,12-13H2,1-2H3,(H,27,30)/t14-/m1/s1. The maximum absolute atomic E-state index is 14.2. The highest BCUT2D eigenvalue weighted by molar-refractivity contribution is 6.35. The first-order valence-corrected chi connectivity index (χ1v) is 10.8. The summed E-state index contributed by atoms with van der Waals surface area (Å²) in [6.45, 7) is 4.24. The summed E-state index contributed by atoms with van der Waals surface area (Å²) < 4.78 is 14.2. The van der Waals surface area contributed by atoms with Gasteiger partial charge in [-0.25, -0.2) is 4.39 Å². The molecule has 2 rings (SSSR count). The summed E-state index contributed by atoms with van der Waals surface area (Å²) in [7, 11) is 0. The van der Waals surface area contributed by atoms with Crippen LogP contribution in [-0.4, -0.2) is 29.3 Å². The maximum Gasteiger partial charge on any atom is 0.242 e. The van der Waals surface area contributed by atoms with Crippen LogP contribution in [0.25, 0.3) is 0 Å². The van der Waals surface area contributed by atoms with E-state index in [0.717, 1.165) is 12.8 Å². The van der Waals surface area contributed by atoms with E-state index in [9.17, 15) is 14.0 Å². The number of amides is 2. The Bertz CT molecular complexity index is 888. The third-order valence-corrected chi connectivity index (χ3v) is 5.68. The Hall–Kier alpha value is -1.82. The van der Waals surface area contributed by atoms with Gasteiger partial charge in [0.15, 0.2) is 0 Å². The molecule has 2 aromatic rings. The molecule has 0 fully saturated rings. The molecule has 0 saturated carbocycles. The van der Waals surface area contributed by atoms with E-state index < -0.39 is 17.8 Å². The lowest BCUT2D eigenvalue weighted by molar-refractivity contribution is -0.140. The molecule has 0 bridgehead atoms. The minimum atomic E-state index is -0.786. The zero-order valence-electron chi connectivity index (χ0n) is 16.9. The first-order chi connectivity index (χ1) is 14.2. The summed E-state index contributed by atoms with van der Waals surface area (Å²) in [5.74, 6) is -1.30. The second kappa shape index (κ2) is 11.5.